The molecule has 0 saturated heterocycles. The highest BCUT2D eigenvalue weighted by Crippen LogP contribution is 2.22. The van der Waals surface area contributed by atoms with Crippen molar-refractivity contribution in [3.63, 3.8) is 0 Å². The quantitative estimate of drug-likeness (QED) is 0.811. The van der Waals surface area contributed by atoms with E-state index in [-0.39, 0.29) is 5.78 Å². The normalized spacial score (nSPS) is 14.3. The Morgan fingerprint density at radius 3 is 2.53 bits per heavy atom. The fraction of sp³-hybridized carbons (Fsp3) is 0.231. The number of nitrogens with two attached hydrogens (primary N) is 1. The number of hydrogen-bond acceptors (Lipinski definition) is 3. The molecule has 0 aliphatic carbocycles. The van der Waals surface area contributed by atoms with Gasteiger partial charge in [0.1, 0.15) is 5.54 Å². The van der Waals surface area contributed by atoms with Crippen LogP contribution < -0.4 is 5.73 Å². The fourth-order valence-electron chi connectivity index (χ4n) is 1.75. The van der Waals surface area contributed by atoms with Gasteiger partial charge in [-0.25, -0.2) is 0 Å². The van der Waals surface area contributed by atoms with E-state index in [1.807, 2.05) is 30.3 Å². The van der Waals surface area contributed by atoms with Crippen LogP contribution in [0.15, 0.2) is 42.7 Å². The first-order chi connectivity index (χ1) is 8.01. The van der Waals surface area contributed by atoms with Crippen molar-refractivity contribution in [2.24, 2.45) is 12.8 Å². The summed E-state index contributed by atoms with van der Waals surface area (Å²) in [7, 11) is 1.77. The van der Waals surface area contributed by atoms with Crippen LogP contribution >= 0.6 is 0 Å². The molecule has 0 radical (unpaired) electrons. The first kappa shape index (κ1) is 11.5. The third-order valence-electron chi connectivity index (χ3n) is 2.81. The zero-order valence-electron chi connectivity index (χ0n) is 9.92. The SMILES string of the molecule is Cn1cc(C(=O)C(C)(N)c2ccccc2)cn1. The summed E-state index contributed by atoms with van der Waals surface area (Å²) < 4.78 is 1.59. The molecule has 0 spiro atoms. The van der Waals surface area contributed by atoms with Crippen LogP contribution in [0.1, 0.15) is 22.8 Å². The van der Waals surface area contributed by atoms with Crippen molar-refractivity contribution in [3.8, 4) is 0 Å². The molecule has 2 N–H and O–H groups in total. The zero-order valence-corrected chi connectivity index (χ0v) is 9.92. The zero-order chi connectivity index (χ0) is 12.5. The summed E-state index contributed by atoms with van der Waals surface area (Å²) in [6.07, 6.45) is 3.22. The number of aromatic nitrogens is 2. The number of rotatable bonds is 3. The molecule has 0 bridgehead atoms. The van der Waals surface area contributed by atoms with Crippen molar-refractivity contribution < 1.29 is 4.79 Å². The van der Waals surface area contributed by atoms with Gasteiger partial charge >= 0.3 is 0 Å². The standard InChI is InChI=1S/C13H15N3O/c1-13(14,11-6-4-3-5-7-11)12(17)10-8-15-16(2)9-10/h3-9H,14H2,1-2H3. The summed E-state index contributed by atoms with van der Waals surface area (Å²) in [6, 6.07) is 9.35. The minimum Gasteiger partial charge on any atom is -0.315 e. The Kier molecular flexibility index (Phi) is 2.81. The summed E-state index contributed by atoms with van der Waals surface area (Å²) in [5.41, 5.74) is 6.44. The Labute approximate surface area is 100 Å². The smallest absolute Gasteiger partial charge is 0.190 e. The number of carbonyl (C=O) groups excluding carboxylic acids is 1. The van der Waals surface area contributed by atoms with E-state index >= 15 is 0 Å². The van der Waals surface area contributed by atoms with Gasteiger partial charge in [0, 0.05) is 13.2 Å². The van der Waals surface area contributed by atoms with Gasteiger partial charge in [-0.3, -0.25) is 9.48 Å². The van der Waals surface area contributed by atoms with Gasteiger partial charge in [-0.05, 0) is 12.5 Å². The van der Waals surface area contributed by atoms with Gasteiger partial charge < -0.3 is 5.73 Å². The van der Waals surface area contributed by atoms with Crippen LogP contribution in [-0.4, -0.2) is 15.6 Å². The third-order valence-corrected chi connectivity index (χ3v) is 2.81. The second-order valence-electron chi connectivity index (χ2n) is 4.30. The summed E-state index contributed by atoms with van der Waals surface area (Å²) in [5, 5.41) is 3.99. The lowest BCUT2D eigenvalue weighted by atomic mass is 9.86. The molecule has 4 nitrogen and oxygen atoms in total. The number of aryl methyl sites for hydroxylation is 1. The number of Topliss-reactive ketones (excluding diaryl/α,β-unsaturated/α-hetero) is 1. The lowest BCUT2D eigenvalue weighted by Gasteiger charge is -2.22. The Bertz CT molecular complexity index is 529. The molecule has 4 heteroatoms. The Hall–Kier alpha value is -1.94. The van der Waals surface area contributed by atoms with Gasteiger partial charge in [0.15, 0.2) is 5.78 Å². The second-order valence-corrected chi connectivity index (χ2v) is 4.30. The van der Waals surface area contributed by atoms with Gasteiger partial charge in [0.2, 0.25) is 0 Å². The molecule has 2 aromatic rings. The number of hydrogen-bond donors (Lipinski definition) is 1. The van der Waals surface area contributed by atoms with Crippen molar-refractivity contribution in [1.29, 1.82) is 0 Å². The maximum absolute atomic E-state index is 12.3. The van der Waals surface area contributed by atoms with Crippen LogP contribution in [0, 0.1) is 0 Å². The van der Waals surface area contributed by atoms with E-state index in [4.69, 9.17) is 5.73 Å². The summed E-state index contributed by atoms with van der Waals surface area (Å²) >= 11 is 0. The fourth-order valence-corrected chi connectivity index (χ4v) is 1.75. The molecule has 0 aliphatic heterocycles. The molecule has 0 saturated carbocycles. The maximum atomic E-state index is 12.3. The molecule has 0 aliphatic rings. The Morgan fingerprint density at radius 1 is 1.35 bits per heavy atom. The molecular weight excluding hydrogens is 214 g/mol. The van der Waals surface area contributed by atoms with Crippen molar-refractivity contribution >= 4 is 5.78 Å². The maximum Gasteiger partial charge on any atom is 0.190 e. The predicted molar refractivity (Wildman–Crippen MR) is 65.5 cm³/mol. The van der Waals surface area contributed by atoms with Crippen molar-refractivity contribution in [3.05, 3.63) is 53.9 Å². The molecule has 0 fully saturated rings. The van der Waals surface area contributed by atoms with Crippen LogP contribution in [0.4, 0.5) is 0 Å². The van der Waals surface area contributed by atoms with Crippen LogP contribution in [-0.2, 0) is 12.6 Å². The largest absolute Gasteiger partial charge is 0.315 e. The topological polar surface area (TPSA) is 60.9 Å². The summed E-state index contributed by atoms with van der Waals surface area (Å²) in [5.74, 6) is -0.128. The molecule has 17 heavy (non-hydrogen) atoms. The highest BCUT2D eigenvalue weighted by Gasteiger charge is 2.31. The van der Waals surface area contributed by atoms with Crippen molar-refractivity contribution in [2.75, 3.05) is 0 Å². The van der Waals surface area contributed by atoms with Gasteiger partial charge in [0.05, 0.1) is 11.8 Å². The summed E-state index contributed by atoms with van der Waals surface area (Å²) in [4.78, 5) is 12.3. The Balaban J connectivity index is 2.36. The molecule has 2 rings (SSSR count). The first-order valence-corrected chi connectivity index (χ1v) is 5.39. The van der Waals surface area contributed by atoms with Crippen LogP contribution in [0.2, 0.25) is 0 Å². The summed E-state index contributed by atoms with van der Waals surface area (Å²) in [6.45, 7) is 1.72. The van der Waals surface area contributed by atoms with Crippen LogP contribution in [0.3, 0.4) is 0 Å². The third kappa shape index (κ3) is 2.12. The van der Waals surface area contributed by atoms with E-state index in [0.29, 0.717) is 5.56 Å². The van der Waals surface area contributed by atoms with E-state index in [9.17, 15) is 4.79 Å². The average molecular weight is 229 g/mol. The lowest BCUT2D eigenvalue weighted by Crippen LogP contribution is -2.41. The lowest BCUT2D eigenvalue weighted by molar-refractivity contribution is 0.0900. The van der Waals surface area contributed by atoms with Gasteiger partial charge in [0.25, 0.3) is 0 Å². The number of benzene rings is 1. The highest BCUT2D eigenvalue weighted by molar-refractivity contribution is 6.03. The predicted octanol–water partition coefficient (Wildman–Crippen LogP) is 1.48. The van der Waals surface area contributed by atoms with Crippen LogP contribution in [0.5, 0.6) is 0 Å². The molecule has 88 valence electrons. The average Bonchev–Trinajstić information content (AvgIpc) is 2.76. The number of nitrogens with zero attached hydrogens (tertiary/aromatic N) is 2. The number of carbonyl (C=O) groups is 1. The van der Waals surface area contributed by atoms with E-state index < -0.39 is 5.54 Å². The Morgan fingerprint density at radius 2 is 2.00 bits per heavy atom. The molecule has 1 aromatic carbocycles. The van der Waals surface area contributed by atoms with Crippen molar-refractivity contribution in [1.82, 2.24) is 9.78 Å². The van der Waals surface area contributed by atoms with Gasteiger partial charge in [-0.2, -0.15) is 5.10 Å². The second kappa shape index (κ2) is 4.14. The van der Waals surface area contributed by atoms with E-state index in [2.05, 4.69) is 5.10 Å². The van der Waals surface area contributed by atoms with Crippen molar-refractivity contribution in [2.45, 2.75) is 12.5 Å². The van der Waals surface area contributed by atoms with E-state index in [0.717, 1.165) is 5.56 Å². The molecular formula is C13H15N3O. The monoisotopic (exact) mass is 229 g/mol. The highest BCUT2D eigenvalue weighted by atomic mass is 16.1. The molecule has 0 amide bonds. The van der Waals surface area contributed by atoms with Gasteiger partial charge in [-0.1, -0.05) is 30.3 Å². The number of ketones is 1. The van der Waals surface area contributed by atoms with E-state index in [1.165, 1.54) is 6.20 Å². The molecule has 1 unspecified atom stereocenters. The van der Waals surface area contributed by atoms with Gasteiger partial charge in [-0.15, -0.1) is 0 Å². The molecule has 1 atom stereocenters. The minimum atomic E-state index is -1.02. The molecule has 1 heterocycles. The van der Waals surface area contributed by atoms with E-state index in [1.54, 1.807) is 24.9 Å². The minimum absolute atomic E-state index is 0.128. The molecule has 1 aromatic heterocycles. The van der Waals surface area contributed by atoms with Crippen LogP contribution in [0.25, 0.3) is 0 Å². The first-order valence-electron chi connectivity index (χ1n) is 5.39.